The first-order valence-electron chi connectivity index (χ1n) is 5.80. The summed E-state index contributed by atoms with van der Waals surface area (Å²) in [5.74, 6) is 0.0417. The molecule has 3 N–H and O–H groups in total. The number of hydrogen-bond donors (Lipinski definition) is 2. The van der Waals surface area contributed by atoms with E-state index in [2.05, 4.69) is 0 Å². The minimum Gasteiger partial charge on any atom is -0.388 e. The third-order valence-electron chi connectivity index (χ3n) is 3.07. The number of nitrogens with zero attached hydrogens (tertiary/aromatic N) is 1. The van der Waals surface area contributed by atoms with E-state index in [1.807, 2.05) is 6.92 Å². The van der Waals surface area contributed by atoms with Gasteiger partial charge in [0.25, 0.3) is 0 Å². The summed E-state index contributed by atoms with van der Waals surface area (Å²) in [4.78, 5) is 0. The highest BCUT2D eigenvalue weighted by Crippen LogP contribution is 2.27. The van der Waals surface area contributed by atoms with Crippen LogP contribution in [0.1, 0.15) is 39.0 Å². The Balaban J connectivity index is 2.66. The minimum absolute atomic E-state index is 0.0417. The van der Waals surface area contributed by atoms with Crippen molar-refractivity contribution in [3.8, 4) is 0 Å². The Bertz CT molecular complexity index is 334. The molecule has 0 aliphatic heterocycles. The van der Waals surface area contributed by atoms with Crippen molar-refractivity contribution in [3.63, 3.8) is 0 Å². The van der Waals surface area contributed by atoms with Crippen molar-refractivity contribution >= 4 is 15.9 Å². The lowest BCUT2D eigenvalue weighted by atomic mass is 10.4. The highest BCUT2D eigenvalue weighted by atomic mass is 32.2. The van der Waals surface area contributed by atoms with Gasteiger partial charge in [0.2, 0.25) is 10.0 Å². The van der Waals surface area contributed by atoms with Crippen molar-refractivity contribution in [3.05, 3.63) is 0 Å². The molecule has 1 aliphatic rings. The molecule has 0 bridgehead atoms. The largest absolute Gasteiger partial charge is 0.388 e. The first-order valence-corrected chi connectivity index (χ1v) is 7.30. The Morgan fingerprint density at radius 3 is 2.44 bits per heavy atom. The summed E-state index contributed by atoms with van der Waals surface area (Å²) < 4.78 is 25.8. The van der Waals surface area contributed by atoms with Crippen LogP contribution in [0.5, 0.6) is 0 Å². The van der Waals surface area contributed by atoms with Gasteiger partial charge < -0.3 is 5.73 Å². The van der Waals surface area contributed by atoms with Crippen LogP contribution in [-0.4, -0.2) is 36.9 Å². The van der Waals surface area contributed by atoms with Gasteiger partial charge in [0.05, 0.1) is 11.1 Å². The number of rotatable bonds is 6. The van der Waals surface area contributed by atoms with E-state index in [1.54, 1.807) is 0 Å². The fraction of sp³-hybridized carbons (Fsp3) is 0.900. The number of sulfonamides is 1. The maximum Gasteiger partial charge on any atom is 0.216 e. The van der Waals surface area contributed by atoms with E-state index >= 15 is 0 Å². The zero-order chi connectivity index (χ0) is 12.2. The van der Waals surface area contributed by atoms with E-state index in [0.717, 1.165) is 25.7 Å². The summed E-state index contributed by atoms with van der Waals surface area (Å²) in [6, 6.07) is 0. The second-order valence-corrected chi connectivity index (χ2v) is 6.43. The standard InChI is InChI=1S/C10H21N3O2S/c1-2-13(8-7-10(11)12)16(14,15)9-5-3-4-6-9/h9H,2-8H2,1H3,(H3,11,12). The molecule has 0 unspecified atom stereocenters. The molecule has 0 radical (unpaired) electrons. The molecule has 0 aromatic heterocycles. The first kappa shape index (κ1) is 13.4. The molecule has 6 heteroatoms. The normalized spacial score (nSPS) is 18.1. The fourth-order valence-electron chi connectivity index (χ4n) is 2.11. The molecule has 1 saturated carbocycles. The van der Waals surface area contributed by atoms with Crippen molar-refractivity contribution in [2.24, 2.45) is 5.73 Å². The average Bonchev–Trinajstić information content (AvgIpc) is 2.70. The molecule has 0 atom stereocenters. The van der Waals surface area contributed by atoms with Crippen LogP contribution in [0.15, 0.2) is 0 Å². The quantitative estimate of drug-likeness (QED) is 0.540. The predicted molar refractivity (Wildman–Crippen MR) is 65.0 cm³/mol. The van der Waals surface area contributed by atoms with Gasteiger partial charge in [-0.05, 0) is 12.8 Å². The SMILES string of the molecule is CCN(CCC(=N)N)S(=O)(=O)C1CCCC1. The Morgan fingerprint density at radius 1 is 1.44 bits per heavy atom. The molecule has 0 amide bonds. The van der Waals surface area contributed by atoms with Crippen molar-refractivity contribution in [2.45, 2.75) is 44.3 Å². The van der Waals surface area contributed by atoms with E-state index in [4.69, 9.17) is 11.1 Å². The van der Waals surface area contributed by atoms with Crippen molar-refractivity contribution < 1.29 is 8.42 Å². The van der Waals surface area contributed by atoms with Gasteiger partial charge in [-0.25, -0.2) is 12.7 Å². The molecule has 0 aromatic rings. The van der Waals surface area contributed by atoms with Crippen molar-refractivity contribution in [1.29, 1.82) is 5.41 Å². The lowest BCUT2D eigenvalue weighted by Gasteiger charge is -2.23. The second kappa shape index (κ2) is 5.63. The van der Waals surface area contributed by atoms with Crippen molar-refractivity contribution in [2.75, 3.05) is 13.1 Å². The summed E-state index contributed by atoms with van der Waals surface area (Å²) >= 11 is 0. The van der Waals surface area contributed by atoms with Gasteiger partial charge in [-0.15, -0.1) is 0 Å². The lowest BCUT2D eigenvalue weighted by molar-refractivity contribution is 0.427. The third-order valence-corrected chi connectivity index (χ3v) is 5.54. The van der Waals surface area contributed by atoms with Crippen LogP contribution < -0.4 is 5.73 Å². The molecule has 16 heavy (non-hydrogen) atoms. The van der Waals surface area contributed by atoms with Gasteiger partial charge in [0, 0.05) is 19.5 Å². The maximum absolute atomic E-state index is 12.2. The summed E-state index contributed by atoms with van der Waals surface area (Å²) in [5, 5.41) is 6.92. The molecule has 5 nitrogen and oxygen atoms in total. The molecule has 1 fully saturated rings. The highest BCUT2D eigenvalue weighted by Gasteiger charge is 2.32. The van der Waals surface area contributed by atoms with Gasteiger partial charge in [-0.1, -0.05) is 19.8 Å². The second-order valence-electron chi connectivity index (χ2n) is 4.22. The van der Waals surface area contributed by atoms with Gasteiger partial charge in [0.15, 0.2) is 0 Å². The zero-order valence-corrected chi connectivity index (χ0v) is 10.6. The topological polar surface area (TPSA) is 87.2 Å². The Kier molecular flexibility index (Phi) is 4.73. The molecule has 1 aliphatic carbocycles. The maximum atomic E-state index is 12.2. The van der Waals surface area contributed by atoms with Crippen LogP contribution in [0.4, 0.5) is 0 Å². The van der Waals surface area contributed by atoms with Crippen LogP contribution in [0, 0.1) is 5.41 Å². The van der Waals surface area contributed by atoms with Gasteiger partial charge in [-0.2, -0.15) is 0 Å². The monoisotopic (exact) mass is 247 g/mol. The Morgan fingerprint density at radius 2 is 2.00 bits per heavy atom. The summed E-state index contributed by atoms with van der Waals surface area (Å²) in [6.07, 6.45) is 3.89. The van der Waals surface area contributed by atoms with Crippen LogP contribution in [0.25, 0.3) is 0 Å². The van der Waals surface area contributed by atoms with Crippen LogP contribution >= 0.6 is 0 Å². The molecule has 0 spiro atoms. The van der Waals surface area contributed by atoms with Crippen LogP contribution in [0.2, 0.25) is 0 Å². The minimum atomic E-state index is -3.17. The first-order chi connectivity index (χ1) is 7.48. The number of hydrogen-bond acceptors (Lipinski definition) is 3. The smallest absolute Gasteiger partial charge is 0.216 e. The molecule has 0 aromatic carbocycles. The lowest BCUT2D eigenvalue weighted by Crippen LogP contribution is -2.39. The highest BCUT2D eigenvalue weighted by molar-refractivity contribution is 7.89. The van der Waals surface area contributed by atoms with E-state index in [0.29, 0.717) is 19.5 Å². The fourth-order valence-corrected chi connectivity index (χ4v) is 4.16. The van der Waals surface area contributed by atoms with Crippen molar-refractivity contribution in [1.82, 2.24) is 4.31 Å². The molecule has 0 heterocycles. The van der Waals surface area contributed by atoms with Crippen LogP contribution in [0.3, 0.4) is 0 Å². The van der Waals surface area contributed by atoms with Gasteiger partial charge in [0.1, 0.15) is 0 Å². The number of nitrogens with two attached hydrogens (primary N) is 1. The molecule has 94 valence electrons. The Hall–Kier alpha value is -0.620. The Labute approximate surface area is 97.6 Å². The summed E-state index contributed by atoms with van der Waals surface area (Å²) in [6.45, 7) is 2.63. The molecular weight excluding hydrogens is 226 g/mol. The molecule has 1 rings (SSSR count). The van der Waals surface area contributed by atoms with E-state index in [-0.39, 0.29) is 11.1 Å². The van der Waals surface area contributed by atoms with E-state index < -0.39 is 10.0 Å². The third kappa shape index (κ3) is 3.18. The van der Waals surface area contributed by atoms with Crippen LogP contribution in [-0.2, 0) is 10.0 Å². The number of nitrogens with one attached hydrogen (secondary N) is 1. The zero-order valence-electron chi connectivity index (χ0n) is 9.78. The average molecular weight is 247 g/mol. The van der Waals surface area contributed by atoms with E-state index in [9.17, 15) is 8.42 Å². The van der Waals surface area contributed by atoms with Gasteiger partial charge >= 0.3 is 0 Å². The molecule has 0 saturated heterocycles. The van der Waals surface area contributed by atoms with E-state index in [1.165, 1.54) is 4.31 Å². The van der Waals surface area contributed by atoms with Gasteiger partial charge in [-0.3, -0.25) is 5.41 Å². The molecular formula is C10H21N3O2S. The summed E-state index contributed by atoms with van der Waals surface area (Å²) in [5.41, 5.74) is 5.25. The summed E-state index contributed by atoms with van der Waals surface area (Å²) in [7, 11) is -3.17. The predicted octanol–water partition coefficient (Wildman–Crippen LogP) is 0.907. The number of amidine groups is 1.